The molecule has 4 nitrogen and oxygen atoms in total. The normalized spacial score (nSPS) is 14.1. The van der Waals surface area contributed by atoms with Gasteiger partial charge in [-0.25, -0.2) is 4.98 Å². The minimum absolute atomic E-state index is 0.00891. The number of nitrogen functional groups attached to an aromatic ring is 1. The Labute approximate surface area is 167 Å². The van der Waals surface area contributed by atoms with Crippen LogP contribution >= 0.6 is 22.9 Å². The van der Waals surface area contributed by atoms with Crippen LogP contribution < -0.4 is 11.1 Å². The van der Waals surface area contributed by atoms with Crippen LogP contribution in [0.5, 0.6) is 0 Å². The van der Waals surface area contributed by atoms with Crippen molar-refractivity contribution in [1.29, 1.82) is 0 Å². The molecule has 0 atom stereocenters. The van der Waals surface area contributed by atoms with Crippen molar-refractivity contribution in [2.45, 2.75) is 31.9 Å². The molecule has 0 saturated carbocycles. The van der Waals surface area contributed by atoms with E-state index in [2.05, 4.69) is 10.3 Å². The van der Waals surface area contributed by atoms with Crippen molar-refractivity contribution < 1.29 is 18.0 Å². The van der Waals surface area contributed by atoms with Crippen LogP contribution in [0.2, 0.25) is 5.02 Å². The monoisotopic (exact) mass is 425 g/mol. The Hall–Kier alpha value is -2.32. The van der Waals surface area contributed by atoms with Gasteiger partial charge in [0.1, 0.15) is 9.71 Å². The Morgan fingerprint density at radius 2 is 1.96 bits per heavy atom. The van der Waals surface area contributed by atoms with Crippen molar-refractivity contribution in [2.75, 3.05) is 11.1 Å². The van der Waals surface area contributed by atoms with E-state index in [1.807, 2.05) is 6.07 Å². The number of fused-ring (bicyclic) bond motifs is 2. The predicted octanol–water partition coefficient (Wildman–Crippen LogP) is 5.68. The summed E-state index contributed by atoms with van der Waals surface area (Å²) in [7, 11) is 0. The molecule has 0 aliphatic heterocycles. The van der Waals surface area contributed by atoms with Gasteiger partial charge in [0.15, 0.2) is 0 Å². The highest BCUT2D eigenvalue weighted by atomic mass is 35.5. The zero-order valence-electron chi connectivity index (χ0n) is 14.5. The number of amides is 1. The summed E-state index contributed by atoms with van der Waals surface area (Å²) in [5, 5.41) is 3.15. The number of hydrogen-bond donors (Lipinski definition) is 2. The molecule has 3 N–H and O–H groups in total. The van der Waals surface area contributed by atoms with Crippen LogP contribution in [0.15, 0.2) is 24.3 Å². The molecule has 4 rings (SSSR count). The van der Waals surface area contributed by atoms with E-state index in [4.69, 9.17) is 17.3 Å². The first kappa shape index (κ1) is 19.0. The number of thiophene rings is 1. The molecule has 2 heterocycles. The molecule has 1 aliphatic carbocycles. The number of alkyl halides is 3. The molecule has 0 saturated heterocycles. The lowest BCUT2D eigenvalue weighted by Crippen LogP contribution is -2.13. The molecule has 146 valence electrons. The Balaban J connectivity index is 1.69. The Morgan fingerprint density at radius 1 is 1.21 bits per heavy atom. The van der Waals surface area contributed by atoms with Gasteiger partial charge in [-0.05, 0) is 55.5 Å². The van der Waals surface area contributed by atoms with E-state index in [0.29, 0.717) is 10.2 Å². The van der Waals surface area contributed by atoms with Gasteiger partial charge in [-0.15, -0.1) is 11.3 Å². The predicted molar refractivity (Wildman–Crippen MR) is 105 cm³/mol. The van der Waals surface area contributed by atoms with E-state index in [0.717, 1.165) is 66.5 Å². The summed E-state index contributed by atoms with van der Waals surface area (Å²) >= 11 is 7.09. The zero-order valence-corrected chi connectivity index (χ0v) is 16.1. The van der Waals surface area contributed by atoms with Crippen LogP contribution in [0, 0.1) is 0 Å². The van der Waals surface area contributed by atoms with Gasteiger partial charge in [0, 0.05) is 11.1 Å². The van der Waals surface area contributed by atoms with Crippen molar-refractivity contribution in [2.24, 2.45) is 0 Å². The molecule has 0 unspecified atom stereocenters. The maximum absolute atomic E-state index is 12.9. The number of halogens is 4. The molecule has 1 aliphatic rings. The Bertz CT molecular complexity index is 1090. The minimum Gasteiger partial charge on any atom is -0.397 e. The number of carbonyl (C=O) groups excluding carboxylic acids is 1. The van der Waals surface area contributed by atoms with Crippen LogP contribution in [0.1, 0.15) is 39.3 Å². The third kappa shape index (κ3) is 3.42. The minimum atomic E-state index is -4.54. The SMILES string of the molecule is Nc1c(C(=O)Nc2cc(C(F)(F)F)ccc2Cl)sc2nc3c(cc12)CCCC3. The van der Waals surface area contributed by atoms with Crippen LogP contribution in [0.4, 0.5) is 24.5 Å². The molecule has 9 heteroatoms. The van der Waals surface area contributed by atoms with E-state index in [1.165, 1.54) is 0 Å². The second-order valence-corrected chi connectivity index (χ2v) is 8.05. The largest absolute Gasteiger partial charge is 0.416 e. The molecule has 0 radical (unpaired) electrons. The van der Waals surface area contributed by atoms with Crippen LogP contribution in [-0.4, -0.2) is 10.9 Å². The molecule has 0 spiro atoms. The summed E-state index contributed by atoms with van der Waals surface area (Å²) in [6.07, 6.45) is -0.553. The highest BCUT2D eigenvalue weighted by Gasteiger charge is 2.31. The van der Waals surface area contributed by atoms with Crippen molar-refractivity contribution >= 4 is 50.4 Å². The number of nitrogens with one attached hydrogen (secondary N) is 1. The molecule has 0 bridgehead atoms. The van der Waals surface area contributed by atoms with Gasteiger partial charge in [0.25, 0.3) is 5.91 Å². The average Bonchev–Trinajstić information content (AvgIpc) is 2.97. The number of nitrogens with two attached hydrogens (primary N) is 1. The number of hydrogen-bond acceptors (Lipinski definition) is 4. The van der Waals surface area contributed by atoms with Crippen molar-refractivity contribution in [3.63, 3.8) is 0 Å². The quantitative estimate of drug-likeness (QED) is 0.554. The van der Waals surface area contributed by atoms with E-state index in [-0.39, 0.29) is 21.3 Å². The first-order valence-corrected chi connectivity index (χ1v) is 9.82. The molecular weight excluding hydrogens is 411 g/mol. The first-order valence-electron chi connectivity index (χ1n) is 8.63. The fourth-order valence-corrected chi connectivity index (χ4v) is 4.46. The van der Waals surface area contributed by atoms with Crippen LogP contribution in [0.25, 0.3) is 10.2 Å². The third-order valence-electron chi connectivity index (χ3n) is 4.75. The van der Waals surface area contributed by atoms with E-state index in [1.54, 1.807) is 0 Å². The molecule has 2 aromatic heterocycles. The number of aromatic nitrogens is 1. The molecule has 1 amide bonds. The fraction of sp³-hybridized carbons (Fsp3) is 0.263. The standard InChI is InChI=1S/C19H15ClF3N3OS/c20-12-6-5-10(19(21,22)23)8-14(12)25-17(27)16-15(24)11-7-9-3-1-2-4-13(9)26-18(11)28-16/h5-8H,1-4,24H2,(H,25,27). The second-order valence-electron chi connectivity index (χ2n) is 6.65. The first-order chi connectivity index (χ1) is 13.2. The Morgan fingerprint density at radius 3 is 2.71 bits per heavy atom. The fourth-order valence-electron chi connectivity index (χ4n) is 3.30. The van der Waals surface area contributed by atoms with Crippen molar-refractivity contribution in [1.82, 2.24) is 4.98 Å². The maximum atomic E-state index is 12.9. The zero-order chi connectivity index (χ0) is 20.1. The van der Waals surface area contributed by atoms with Crippen molar-refractivity contribution in [3.8, 4) is 0 Å². The lowest BCUT2D eigenvalue weighted by molar-refractivity contribution is -0.137. The maximum Gasteiger partial charge on any atom is 0.416 e. The van der Waals surface area contributed by atoms with Gasteiger partial charge in [-0.3, -0.25) is 4.79 Å². The highest BCUT2D eigenvalue weighted by Crippen LogP contribution is 2.37. The van der Waals surface area contributed by atoms with Gasteiger partial charge in [-0.1, -0.05) is 11.6 Å². The molecule has 0 fully saturated rings. The van der Waals surface area contributed by atoms with Gasteiger partial charge >= 0.3 is 6.18 Å². The third-order valence-corrected chi connectivity index (χ3v) is 6.19. The topological polar surface area (TPSA) is 68.0 Å². The van der Waals surface area contributed by atoms with E-state index >= 15 is 0 Å². The number of pyridine rings is 1. The lowest BCUT2D eigenvalue weighted by Gasteiger charge is -2.14. The Kier molecular flexibility index (Phi) is 4.71. The van der Waals surface area contributed by atoms with Gasteiger partial charge in [0.2, 0.25) is 0 Å². The number of nitrogens with zero attached hydrogens (tertiary/aromatic N) is 1. The second kappa shape index (κ2) is 6.93. The van der Waals surface area contributed by atoms with E-state index in [9.17, 15) is 18.0 Å². The van der Waals surface area contributed by atoms with Crippen LogP contribution in [-0.2, 0) is 19.0 Å². The molecule has 1 aromatic carbocycles. The smallest absolute Gasteiger partial charge is 0.397 e. The number of benzene rings is 1. The summed E-state index contributed by atoms with van der Waals surface area (Å²) in [6, 6.07) is 4.74. The summed E-state index contributed by atoms with van der Waals surface area (Å²) in [6.45, 7) is 0. The summed E-state index contributed by atoms with van der Waals surface area (Å²) in [5.41, 5.74) is 7.58. The van der Waals surface area contributed by atoms with Crippen molar-refractivity contribution in [3.05, 3.63) is 51.0 Å². The van der Waals surface area contributed by atoms with Gasteiger partial charge in [-0.2, -0.15) is 13.2 Å². The van der Waals surface area contributed by atoms with Gasteiger partial charge in [0.05, 0.1) is 22.0 Å². The van der Waals surface area contributed by atoms with Gasteiger partial charge < -0.3 is 11.1 Å². The molecular formula is C19H15ClF3N3OS. The summed E-state index contributed by atoms with van der Waals surface area (Å²) < 4.78 is 38.8. The summed E-state index contributed by atoms with van der Waals surface area (Å²) in [4.78, 5) is 18.2. The van der Waals surface area contributed by atoms with Crippen LogP contribution in [0.3, 0.4) is 0 Å². The average molecular weight is 426 g/mol. The summed E-state index contributed by atoms with van der Waals surface area (Å²) in [5.74, 6) is -0.611. The van der Waals surface area contributed by atoms with E-state index < -0.39 is 17.6 Å². The lowest BCUT2D eigenvalue weighted by atomic mass is 9.95. The number of carbonyl (C=O) groups is 1. The molecule has 3 aromatic rings. The molecule has 28 heavy (non-hydrogen) atoms. The number of anilines is 2. The number of aryl methyl sites for hydroxylation is 2. The highest BCUT2D eigenvalue weighted by molar-refractivity contribution is 7.21. The number of rotatable bonds is 2.